The zero-order valence-electron chi connectivity index (χ0n) is 14.6. The number of carbonyl (C=O) groups excluding carboxylic acids is 2. The number of ether oxygens (including phenoxy) is 1. The molecule has 1 aromatic heterocycles. The number of halogens is 1. The van der Waals surface area contributed by atoms with E-state index in [9.17, 15) is 9.59 Å². The molecule has 2 atom stereocenters. The maximum Gasteiger partial charge on any atom is 0.350 e. The van der Waals surface area contributed by atoms with Crippen LogP contribution in [0, 0.1) is 17.3 Å². The highest BCUT2D eigenvalue weighted by atomic mass is 79.9. The van der Waals surface area contributed by atoms with Crippen molar-refractivity contribution in [3.63, 3.8) is 0 Å². The number of methoxy groups -OCH3 is 1. The summed E-state index contributed by atoms with van der Waals surface area (Å²) in [5.74, 6) is 5.82. The van der Waals surface area contributed by atoms with Crippen molar-refractivity contribution < 1.29 is 14.3 Å². The molecule has 1 aliphatic rings. The monoisotopic (exact) mass is 411 g/mol. The van der Waals surface area contributed by atoms with Gasteiger partial charge >= 0.3 is 5.97 Å². The van der Waals surface area contributed by atoms with Crippen LogP contribution < -0.4 is 4.90 Å². The Labute approximate surface area is 155 Å². The first kappa shape index (κ1) is 19.0. The van der Waals surface area contributed by atoms with E-state index < -0.39 is 5.97 Å². The van der Waals surface area contributed by atoms with E-state index in [0.29, 0.717) is 10.6 Å². The predicted octanol–water partition coefficient (Wildman–Crippen LogP) is 4.21. The molecule has 0 radical (unpaired) electrons. The largest absolute Gasteiger partial charge is 0.465 e. The molecule has 6 heteroatoms. The molecule has 4 nitrogen and oxygen atoms in total. The molecule has 1 amide bonds. The van der Waals surface area contributed by atoms with Gasteiger partial charge in [0.2, 0.25) is 5.91 Å². The number of alkyl halides is 1. The van der Waals surface area contributed by atoms with Crippen molar-refractivity contribution >= 4 is 44.8 Å². The molecule has 2 heterocycles. The summed E-state index contributed by atoms with van der Waals surface area (Å²) in [4.78, 5) is 27.5. The first-order chi connectivity index (χ1) is 11.1. The number of amides is 1. The molecule has 0 bridgehead atoms. The Morgan fingerprint density at radius 2 is 2.08 bits per heavy atom. The van der Waals surface area contributed by atoms with Crippen molar-refractivity contribution in [1.29, 1.82) is 0 Å². The molecule has 1 fully saturated rings. The lowest BCUT2D eigenvalue weighted by Gasteiger charge is -2.35. The summed E-state index contributed by atoms with van der Waals surface area (Å²) in [6, 6.07) is 1.86. The molecule has 0 spiro atoms. The molecule has 24 heavy (non-hydrogen) atoms. The number of anilines is 1. The van der Waals surface area contributed by atoms with Crippen molar-refractivity contribution in [3.8, 4) is 11.8 Å². The fourth-order valence-electron chi connectivity index (χ4n) is 2.47. The average Bonchev–Trinajstić information content (AvgIpc) is 2.92. The van der Waals surface area contributed by atoms with Crippen molar-refractivity contribution in [2.24, 2.45) is 5.41 Å². The normalized spacial score (nSPS) is 21.2. The maximum atomic E-state index is 12.6. The zero-order chi connectivity index (χ0) is 18.1. The smallest absolute Gasteiger partial charge is 0.350 e. The van der Waals surface area contributed by atoms with Crippen LogP contribution in [-0.2, 0) is 9.53 Å². The number of rotatable bonds is 2. The molecule has 1 unspecified atom stereocenters. The fourth-order valence-corrected chi connectivity index (χ4v) is 3.88. The summed E-state index contributed by atoms with van der Waals surface area (Å²) < 4.78 is 4.90. The van der Waals surface area contributed by atoms with Gasteiger partial charge in [0.15, 0.2) is 0 Å². The molecule has 2 rings (SSSR count). The van der Waals surface area contributed by atoms with E-state index >= 15 is 0 Å². The average molecular weight is 412 g/mol. The van der Waals surface area contributed by atoms with Gasteiger partial charge in [0.05, 0.1) is 22.5 Å². The van der Waals surface area contributed by atoms with Crippen LogP contribution in [0.4, 0.5) is 5.69 Å². The molecule has 0 aliphatic carbocycles. The van der Waals surface area contributed by atoms with Crippen molar-refractivity contribution in [3.05, 3.63) is 15.8 Å². The third-order valence-electron chi connectivity index (χ3n) is 3.69. The Balaban J connectivity index is 2.50. The Bertz CT molecular complexity index is 708. The molecule has 0 N–H and O–H groups in total. The Morgan fingerprint density at radius 3 is 2.67 bits per heavy atom. The van der Waals surface area contributed by atoms with E-state index in [-0.39, 0.29) is 22.2 Å². The van der Waals surface area contributed by atoms with Gasteiger partial charge in [-0.15, -0.1) is 11.3 Å². The summed E-state index contributed by atoms with van der Waals surface area (Å²) in [6.45, 7) is 8.08. The van der Waals surface area contributed by atoms with Crippen molar-refractivity contribution in [2.75, 3.05) is 12.0 Å². The molecule has 0 aromatic carbocycles. The van der Waals surface area contributed by atoms with Crippen LogP contribution in [0.3, 0.4) is 0 Å². The standard InChI is InChI=1S/C18H22BrNO3S/c1-11-6-7-13(19)16(21)20(11)14-10-12(8-9-18(2,3)4)24-15(14)17(22)23-5/h10-11,13H,6-7H2,1-5H3/t11-,13?/m1/s1. The van der Waals surface area contributed by atoms with Gasteiger partial charge in [0.25, 0.3) is 0 Å². The van der Waals surface area contributed by atoms with Gasteiger partial charge < -0.3 is 9.64 Å². The number of nitrogens with zero attached hydrogens (tertiary/aromatic N) is 1. The first-order valence-corrected chi connectivity index (χ1v) is 9.59. The summed E-state index contributed by atoms with van der Waals surface area (Å²) in [6.07, 6.45) is 1.67. The van der Waals surface area contributed by atoms with Gasteiger partial charge in [-0.3, -0.25) is 4.79 Å². The number of carbonyl (C=O) groups is 2. The van der Waals surface area contributed by atoms with Gasteiger partial charge in [-0.2, -0.15) is 0 Å². The van der Waals surface area contributed by atoms with Gasteiger partial charge in [-0.25, -0.2) is 4.79 Å². The van der Waals surface area contributed by atoms with E-state index in [1.165, 1.54) is 18.4 Å². The Morgan fingerprint density at radius 1 is 1.42 bits per heavy atom. The summed E-state index contributed by atoms with van der Waals surface area (Å²) in [7, 11) is 1.35. The maximum absolute atomic E-state index is 12.6. The lowest BCUT2D eigenvalue weighted by molar-refractivity contribution is -0.119. The van der Waals surface area contributed by atoms with E-state index in [1.54, 1.807) is 4.90 Å². The highest BCUT2D eigenvalue weighted by Crippen LogP contribution is 2.36. The second-order valence-electron chi connectivity index (χ2n) is 6.92. The molecule has 1 aromatic rings. The second kappa shape index (κ2) is 7.28. The second-order valence-corrected chi connectivity index (χ2v) is 9.08. The Hall–Kier alpha value is -1.32. The van der Waals surface area contributed by atoms with E-state index in [2.05, 4.69) is 27.8 Å². The third kappa shape index (κ3) is 4.20. The first-order valence-electron chi connectivity index (χ1n) is 7.86. The summed E-state index contributed by atoms with van der Waals surface area (Å²) in [5.41, 5.74) is 0.469. The van der Waals surface area contributed by atoms with Crippen LogP contribution in [0.1, 0.15) is 55.1 Å². The molecule has 0 saturated carbocycles. The van der Waals surface area contributed by atoms with Crippen LogP contribution in [0.2, 0.25) is 0 Å². The molecule has 1 aliphatic heterocycles. The van der Waals surface area contributed by atoms with Crippen LogP contribution in [-0.4, -0.2) is 29.9 Å². The van der Waals surface area contributed by atoms with E-state index in [0.717, 1.165) is 17.7 Å². The van der Waals surface area contributed by atoms with Gasteiger partial charge in [0, 0.05) is 11.5 Å². The van der Waals surface area contributed by atoms with Crippen LogP contribution in [0.25, 0.3) is 0 Å². The van der Waals surface area contributed by atoms with Gasteiger partial charge in [-0.1, -0.05) is 27.8 Å². The highest BCUT2D eigenvalue weighted by Gasteiger charge is 2.35. The summed E-state index contributed by atoms with van der Waals surface area (Å²) in [5, 5.41) is 0. The quantitative estimate of drug-likeness (QED) is 0.415. The van der Waals surface area contributed by atoms with Gasteiger partial charge in [0.1, 0.15) is 4.88 Å². The minimum Gasteiger partial charge on any atom is -0.465 e. The fraction of sp³-hybridized carbons (Fsp3) is 0.556. The lowest BCUT2D eigenvalue weighted by atomic mass is 9.98. The van der Waals surface area contributed by atoms with Crippen molar-refractivity contribution in [2.45, 2.75) is 51.4 Å². The predicted molar refractivity (Wildman–Crippen MR) is 101 cm³/mol. The summed E-state index contributed by atoms with van der Waals surface area (Å²) >= 11 is 4.70. The zero-order valence-corrected chi connectivity index (χ0v) is 17.0. The highest BCUT2D eigenvalue weighted by molar-refractivity contribution is 9.10. The third-order valence-corrected chi connectivity index (χ3v) is 5.56. The molecular formula is C18H22BrNO3S. The lowest BCUT2D eigenvalue weighted by Crippen LogP contribution is -2.47. The molecule has 130 valence electrons. The number of piperidine rings is 1. The number of hydrogen-bond donors (Lipinski definition) is 0. The number of thiophene rings is 1. The number of hydrogen-bond acceptors (Lipinski definition) is 4. The van der Waals surface area contributed by atoms with Crippen molar-refractivity contribution in [1.82, 2.24) is 0 Å². The minimum atomic E-state index is -0.435. The Kier molecular flexibility index (Phi) is 5.77. The van der Waals surface area contributed by atoms with Crippen LogP contribution in [0.15, 0.2) is 6.07 Å². The topological polar surface area (TPSA) is 46.6 Å². The minimum absolute atomic E-state index is 0.0213. The van der Waals surface area contributed by atoms with Gasteiger partial charge in [-0.05, 0) is 46.6 Å². The van der Waals surface area contributed by atoms with Crippen LogP contribution >= 0.6 is 27.3 Å². The van der Waals surface area contributed by atoms with E-state index in [1.807, 2.05) is 33.8 Å². The molecule has 1 saturated heterocycles. The van der Waals surface area contributed by atoms with E-state index in [4.69, 9.17) is 4.74 Å². The van der Waals surface area contributed by atoms with Crippen LogP contribution in [0.5, 0.6) is 0 Å². The SMILES string of the molecule is COC(=O)c1sc(C#CC(C)(C)C)cc1N1C(=O)C(Br)CC[C@H]1C. The number of esters is 1. The molecular weight excluding hydrogens is 390 g/mol.